The van der Waals surface area contributed by atoms with Gasteiger partial charge in [-0.3, -0.25) is 10.1 Å². The van der Waals surface area contributed by atoms with Crippen LogP contribution in [0.4, 0.5) is 11.5 Å². The summed E-state index contributed by atoms with van der Waals surface area (Å²) in [6, 6.07) is 3.57. The second-order valence-electron chi connectivity index (χ2n) is 4.16. The van der Waals surface area contributed by atoms with Crippen LogP contribution in [0.5, 0.6) is 0 Å². The van der Waals surface area contributed by atoms with Gasteiger partial charge in [-0.1, -0.05) is 0 Å². The van der Waals surface area contributed by atoms with Crippen molar-refractivity contribution < 1.29 is 4.92 Å². The highest BCUT2D eigenvalue weighted by Crippen LogP contribution is 2.11. The van der Waals surface area contributed by atoms with Crippen LogP contribution in [0, 0.1) is 10.1 Å². The standard InChI is InChI=1S/C11H18N4O2/c1-9(2)14(3)7-6-12-11-5-4-10(8-13-11)15(16)17/h4-5,8-9H,6-7H2,1-3H3,(H,12,13). The molecule has 6 nitrogen and oxygen atoms in total. The molecule has 1 aromatic rings. The molecule has 0 aliphatic carbocycles. The highest BCUT2D eigenvalue weighted by Gasteiger charge is 2.05. The molecule has 0 aliphatic heterocycles. The van der Waals surface area contributed by atoms with Gasteiger partial charge in [0, 0.05) is 25.2 Å². The third-order valence-corrected chi connectivity index (χ3v) is 2.61. The van der Waals surface area contributed by atoms with Gasteiger partial charge in [0.1, 0.15) is 12.0 Å². The minimum absolute atomic E-state index is 0.00912. The van der Waals surface area contributed by atoms with Gasteiger partial charge in [0.2, 0.25) is 0 Å². The van der Waals surface area contributed by atoms with E-state index in [0.717, 1.165) is 13.1 Å². The fourth-order valence-corrected chi connectivity index (χ4v) is 1.22. The van der Waals surface area contributed by atoms with Crippen LogP contribution < -0.4 is 5.32 Å². The highest BCUT2D eigenvalue weighted by molar-refractivity contribution is 5.39. The van der Waals surface area contributed by atoms with E-state index in [-0.39, 0.29) is 5.69 Å². The molecule has 0 saturated heterocycles. The topological polar surface area (TPSA) is 71.3 Å². The summed E-state index contributed by atoms with van der Waals surface area (Å²) in [6.07, 6.45) is 1.26. The summed E-state index contributed by atoms with van der Waals surface area (Å²) in [5.41, 5.74) is 0.00912. The fraction of sp³-hybridized carbons (Fsp3) is 0.545. The molecule has 0 amide bonds. The van der Waals surface area contributed by atoms with Crippen LogP contribution in [0.3, 0.4) is 0 Å². The SMILES string of the molecule is CC(C)N(C)CCNc1ccc([N+](=O)[O-])cn1. The molecule has 1 heterocycles. The number of hydrogen-bond acceptors (Lipinski definition) is 5. The van der Waals surface area contributed by atoms with Gasteiger partial charge in [-0.2, -0.15) is 0 Å². The average Bonchev–Trinajstić information content (AvgIpc) is 2.29. The number of aromatic nitrogens is 1. The molecule has 1 N–H and O–H groups in total. The number of nitro groups is 1. The molecule has 0 fully saturated rings. The Morgan fingerprint density at radius 2 is 2.24 bits per heavy atom. The first kappa shape index (κ1) is 13.4. The molecule has 0 saturated carbocycles. The zero-order valence-electron chi connectivity index (χ0n) is 10.4. The normalized spacial score (nSPS) is 10.9. The smallest absolute Gasteiger partial charge is 0.287 e. The Hall–Kier alpha value is -1.69. The van der Waals surface area contributed by atoms with E-state index >= 15 is 0 Å². The third kappa shape index (κ3) is 4.36. The Bertz CT molecular complexity index is 364. The first-order valence-corrected chi connectivity index (χ1v) is 5.55. The highest BCUT2D eigenvalue weighted by atomic mass is 16.6. The molecule has 94 valence electrons. The average molecular weight is 238 g/mol. The molecule has 6 heteroatoms. The zero-order valence-corrected chi connectivity index (χ0v) is 10.4. The maximum atomic E-state index is 10.4. The molecule has 0 radical (unpaired) electrons. The van der Waals surface area contributed by atoms with Crippen molar-refractivity contribution in [3.63, 3.8) is 0 Å². The van der Waals surface area contributed by atoms with E-state index in [1.807, 2.05) is 0 Å². The van der Waals surface area contributed by atoms with Crippen LogP contribution >= 0.6 is 0 Å². The van der Waals surface area contributed by atoms with E-state index in [0.29, 0.717) is 11.9 Å². The lowest BCUT2D eigenvalue weighted by molar-refractivity contribution is -0.385. The monoisotopic (exact) mass is 238 g/mol. The Kier molecular flexibility index (Phi) is 4.84. The number of likely N-dealkylation sites (N-methyl/N-ethyl adjacent to an activating group) is 1. The van der Waals surface area contributed by atoms with Gasteiger partial charge in [-0.05, 0) is 27.0 Å². The maximum Gasteiger partial charge on any atom is 0.287 e. The van der Waals surface area contributed by atoms with E-state index in [2.05, 4.69) is 36.1 Å². The van der Waals surface area contributed by atoms with Crippen LogP contribution in [-0.4, -0.2) is 41.0 Å². The molecule has 1 aromatic heterocycles. The van der Waals surface area contributed by atoms with Crippen molar-refractivity contribution in [2.24, 2.45) is 0 Å². The molecule has 0 aromatic carbocycles. The first-order valence-electron chi connectivity index (χ1n) is 5.55. The minimum atomic E-state index is -0.455. The third-order valence-electron chi connectivity index (χ3n) is 2.61. The van der Waals surface area contributed by atoms with Crippen LogP contribution in [0.15, 0.2) is 18.3 Å². The van der Waals surface area contributed by atoms with E-state index in [4.69, 9.17) is 0 Å². The van der Waals surface area contributed by atoms with Gasteiger partial charge in [-0.15, -0.1) is 0 Å². The van der Waals surface area contributed by atoms with Gasteiger partial charge < -0.3 is 10.2 Å². The van der Waals surface area contributed by atoms with Crippen LogP contribution in [0.1, 0.15) is 13.8 Å². The molecule has 0 aliphatic rings. The van der Waals surface area contributed by atoms with E-state index in [1.54, 1.807) is 6.07 Å². The van der Waals surface area contributed by atoms with Gasteiger partial charge in [0.15, 0.2) is 0 Å². The number of nitrogens with one attached hydrogen (secondary N) is 1. The molecule has 0 unspecified atom stereocenters. The van der Waals surface area contributed by atoms with Crippen molar-refractivity contribution in [1.29, 1.82) is 0 Å². The Morgan fingerprint density at radius 3 is 2.71 bits per heavy atom. The lowest BCUT2D eigenvalue weighted by Crippen LogP contribution is -2.31. The molecular formula is C11H18N4O2. The van der Waals surface area contributed by atoms with Crippen molar-refractivity contribution in [2.75, 3.05) is 25.5 Å². The van der Waals surface area contributed by atoms with Gasteiger partial charge in [0.05, 0.1) is 4.92 Å². The lowest BCUT2D eigenvalue weighted by atomic mass is 10.3. The predicted molar refractivity (Wildman–Crippen MR) is 67.1 cm³/mol. The predicted octanol–water partition coefficient (Wildman–Crippen LogP) is 1.74. The van der Waals surface area contributed by atoms with Gasteiger partial charge >= 0.3 is 0 Å². The number of nitrogens with zero attached hydrogens (tertiary/aromatic N) is 3. The van der Waals surface area contributed by atoms with Crippen molar-refractivity contribution in [2.45, 2.75) is 19.9 Å². The summed E-state index contributed by atoms with van der Waals surface area (Å²) in [6.45, 7) is 5.92. The van der Waals surface area contributed by atoms with Gasteiger partial charge in [0.25, 0.3) is 5.69 Å². The summed E-state index contributed by atoms with van der Waals surface area (Å²) in [5, 5.41) is 13.6. The second kappa shape index (κ2) is 6.15. The quantitative estimate of drug-likeness (QED) is 0.603. The molecule has 17 heavy (non-hydrogen) atoms. The molecule has 0 atom stereocenters. The summed E-state index contributed by atoms with van der Waals surface area (Å²) >= 11 is 0. The Labute approximate surface area is 101 Å². The van der Waals surface area contributed by atoms with Crippen molar-refractivity contribution >= 4 is 11.5 Å². The van der Waals surface area contributed by atoms with Crippen LogP contribution in [0.25, 0.3) is 0 Å². The molecule has 0 bridgehead atoms. The molecule has 0 spiro atoms. The largest absolute Gasteiger partial charge is 0.369 e. The van der Waals surface area contributed by atoms with Crippen molar-refractivity contribution in [1.82, 2.24) is 9.88 Å². The zero-order chi connectivity index (χ0) is 12.8. The number of anilines is 1. The number of pyridine rings is 1. The molecular weight excluding hydrogens is 220 g/mol. The van der Waals surface area contributed by atoms with E-state index < -0.39 is 4.92 Å². The molecule has 1 rings (SSSR count). The van der Waals surface area contributed by atoms with Crippen molar-refractivity contribution in [3.8, 4) is 0 Å². The summed E-state index contributed by atoms with van der Waals surface area (Å²) < 4.78 is 0. The van der Waals surface area contributed by atoms with Crippen LogP contribution in [0.2, 0.25) is 0 Å². The first-order chi connectivity index (χ1) is 8.00. The number of rotatable bonds is 6. The van der Waals surface area contributed by atoms with Crippen LogP contribution in [-0.2, 0) is 0 Å². The second-order valence-corrected chi connectivity index (χ2v) is 4.16. The Balaban J connectivity index is 2.40. The fourth-order valence-electron chi connectivity index (χ4n) is 1.22. The summed E-state index contributed by atoms with van der Waals surface area (Å²) in [4.78, 5) is 16.2. The number of hydrogen-bond donors (Lipinski definition) is 1. The summed E-state index contributed by atoms with van der Waals surface area (Å²) in [5.74, 6) is 0.660. The maximum absolute atomic E-state index is 10.4. The Morgan fingerprint density at radius 1 is 1.53 bits per heavy atom. The van der Waals surface area contributed by atoms with E-state index in [1.165, 1.54) is 12.3 Å². The minimum Gasteiger partial charge on any atom is -0.369 e. The summed E-state index contributed by atoms with van der Waals surface area (Å²) in [7, 11) is 2.05. The van der Waals surface area contributed by atoms with Gasteiger partial charge in [-0.25, -0.2) is 4.98 Å². The lowest BCUT2D eigenvalue weighted by Gasteiger charge is -2.20. The van der Waals surface area contributed by atoms with Crippen molar-refractivity contribution in [3.05, 3.63) is 28.4 Å². The van der Waals surface area contributed by atoms with E-state index in [9.17, 15) is 10.1 Å².